The summed E-state index contributed by atoms with van der Waals surface area (Å²) in [4.78, 5) is 0. The van der Waals surface area contributed by atoms with Gasteiger partial charge < -0.3 is 0 Å². The average Bonchev–Trinajstić information content (AvgIpc) is 2.58. The lowest BCUT2D eigenvalue weighted by Gasteiger charge is -2.19. The van der Waals surface area contributed by atoms with Crippen LogP contribution < -0.4 is 0 Å². The van der Waals surface area contributed by atoms with E-state index in [1.54, 1.807) is 0 Å². The Morgan fingerprint density at radius 1 is 1.20 bits per heavy atom. The number of rotatable bonds is 2. The van der Waals surface area contributed by atoms with Crippen molar-refractivity contribution in [3.8, 4) is 0 Å². The zero-order valence-corrected chi connectivity index (χ0v) is 7.99. The van der Waals surface area contributed by atoms with Crippen molar-refractivity contribution in [1.29, 1.82) is 0 Å². The summed E-state index contributed by atoms with van der Waals surface area (Å²) in [5.41, 5.74) is 0.788. The Bertz CT molecular complexity index is 121. The first-order valence-corrected chi connectivity index (χ1v) is 5.55. The molecule has 0 unspecified atom stereocenters. The summed E-state index contributed by atoms with van der Waals surface area (Å²) in [6, 6.07) is 0. The lowest BCUT2D eigenvalue weighted by Crippen LogP contribution is -2.13. The molecular formula is C9H15Br. The Balaban J connectivity index is 1.96. The van der Waals surface area contributed by atoms with Crippen molar-refractivity contribution in [2.45, 2.75) is 38.5 Å². The Morgan fingerprint density at radius 2 is 1.80 bits per heavy atom. The summed E-state index contributed by atoms with van der Waals surface area (Å²) in [5, 5.41) is 1.27. The molecule has 2 rings (SSSR count). The van der Waals surface area contributed by atoms with E-state index in [0.29, 0.717) is 0 Å². The van der Waals surface area contributed by atoms with Gasteiger partial charge in [-0.1, -0.05) is 28.8 Å². The van der Waals surface area contributed by atoms with Crippen LogP contribution in [0.25, 0.3) is 0 Å². The second-order valence-corrected chi connectivity index (χ2v) is 4.54. The van der Waals surface area contributed by atoms with Crippen molar-refractivity contribution in [2.24, 2.45) is 11.3 Å². The Kier molecular flexibility index (Phi) is 1.79. The molecule has 1 heteroatoms. The third-order valence-corrected chi connectivity index (χ3v) is 4.50. The van der Waals surface area contributed by atoms with Gasteiger partial charge in [0.05, 0.1) is 0 Å². The van der Waals surface area contributed by atoms with Gasteiger partial charge in [-0.05, 0) is 37.0 Å². The smallest absolute Gasteiger partial charge is 0.00906 e. The fraction of sp³-hybridized carbons (Fsp3) is 1.00. The lowest BCUT2D eigenvalue weighted by atomic mass is 9.90. The summed E-state index contributed by atoms with van der Waals surface area (Å²) in [5.74, 6) is 1.09. The van der Waals surface area contributed by atoms with Gasteiger partial charge in [-0.15, -0.1) is 0 Å². The van der Waals surface area contributed by atoms with E-state index in [4.69, 9.17) is 0 Å². The van der Waals surface area contributed by atoms with Crippen LogP contribution in [0.15, 0.2) is 0 Å². The Morgan fingerprint density at radius 3 is 2.20 bits per heavy atom. The molecular weight excluding hydrogens is 188 g/mol. The predicted octanol–water partition coefficient (Wildman–Crippen LogP) is 3.35. The number of hydrogen-bond donors (Lipinski definition) is 0. The predicted molar refractivity (Wildman–Crippen MR) is 47.4 cm³/mol. The summed E-state index contributed by atoms with van der Waals surface area (Å²) in [6.07, 6.45) is 9.04. The van der Waals surface area contributed by atoms with Gasteiger partial charge in [0.2, 0.25) is 0 Å². The van der Waals surface area contributed by atoms with Gasteiger partial charge in [-0.25, -0.2) is 0 Å². The van der Waals surface area contributed by atoms with Crippen LogP contribution in [-0.4, -0.2) is 5.33 Å². The van der Waals surface area contributed by atoms with E-state index in [0.717, 1.165) is 11.3 Å². The molecule has 0 atom stereocenters. The molecule has 0 bridgehead atoms. The van der Waals surface area contributed by atoms with Crippen molar-refractivity contribution in [2.75, 3.05) is 5.33 Å². The minimum atomic E-state index is 0.788. The van der Waals surface area contributed by atoms with Gasteiger partial charge in [0.1, 0.15) is 0 Å². The first-order chi connectivity index (χ1) is 4.87. The second kappa shape index (κ2) is 2.51. The summed E-state index contributed by atoms with van der Waals surface area (Å²) in [7, 11) is 0. The van der Waals surface area contributed by atoms with Crippen LogP contribution in [0.5, 0.6) is 0 Å². The SMILES string of the molecule is BrCC1(C2CCCC2)CC1. The van der Waals surface area contributed by atoms with E-state index in [2.05, 4.69) is 15.9 Å². The van der Waals surface area contributed by atoms with Crippen LogP contribution in [0.3, 0.4) is 0 Å². The zero-order chi connectivity index (χ0) is 7.03. The van der Waals surface area contributed by atoms with Gasteiger partial charge >= 0.3 is 0 Å². The molecule has 0 N–H and O–H groups in total. The van der Waals surface area contributed by atoms with Crippen molar-refractivity contribution in [1.82, 2.24) is 0 Å². The maximum Gasteiger partial charge on any atom is 0.00906 e. The normalized spacial score (nSPS) is 30.9. The van der Waals surface area contributed by atoms with Crippen LogP contribution in [0.2, 0.25) is 0 Å². The largest absolute Gasteiger partial charge is 0.0922 e. The molecule has 0 saturated heterocycles. The minimum Gasteiger partial charge on any atom is -0.0922 e. The third-order valence-electron chi connectivity index (χ3n) is 3.38. The third kappa shape index (κ3) is 1.03. The Hall–Kier alpha value is 0.480. The van der Waals surface area contributed by atoms with Gasteiger partial charge in [0, 0.05) is 5.33 Å². The van der Waals surface area contributed by atoms with Gasteiger partial charge in [0.15, 0.2) is 0 Å². The summed E-state index contributed by atoms with van der Waals surface area (Å²) in [6.45, 7) is 0. The van der Waals surface area contributed by atoms with Crippen molar-refractivity contribution in [3.63, 3.8) is 0 Å². The van der Waals surface area contributed by atoms with Gasteiger partial charge in [0.25, 0.3) is 0 Å². The molecule has 0 aromatic carbocycles. The number of alkyl halides is 1. The highest BCUT2D eigenvalue weighted by molar-refractivity contribution is 9.09. The molecule has 10 heavy (non-hydrogen) atoms. The molecule has 0 radical (unpaired) electrons. The molecule has 0 spiro atoms. The first-order valence-electron chi connectivity index (χ1n) is 4.43. The molecule has 2 aliphatic carbocycles. The first kappa shape index (κ1) is 7.15. The van der Waals surface area contributed by atoms with Gasteiger partial charge in [-0.2, -0.15) is 0 Å². The van der Waals surface area contributed by atoms with E-state index in [1.165, 1.54) is 43.9 Å². The molecule has 0 aromatic rings. The summed E-state index contributed by atoms with van der Waals surface area (Å²) >= 11 is 3.64. The number of halogens is 1. The highest BCUT2D eigenvalue weighted by Crippen LogP contribution is 2.57. The van der Waals surface area contributed by atoms with E-state index >= 15 is 0 Å². The standard InChI is InChI=1S/C9H15Br/c10-7-9(5-6-9)8-3-1-2-4-8/h8H,1-7H2. The lowest BCUT2D eigenvalue weighted by molar-refractivity contribution is 0.353. The topological polar surface area (TPSA) is 0 Å². The molecule has 2 saturated carbocycles. The van der Waals surface area contributed by atoms with Gasteiger partial charge in [-0.3, -0.25) is 0 Å². The second-order valence-electron chi connectivity index (χ2n) is 3.98. The van der Waals surface area contributed by atoms with Crippen LogP contribution >= 0.6 is 15.9 Å². The van der Waals surface area contributed by atoms with E-state index < -0.39 is 0 Å². The fourth-order valence-electron chi connectivity index (χ4n) is 2.35. The summed E-state index contributed by atoms with van der Waals surface area (Å²) < 4.78 is 0. The van der Waals surface area contributed by atoms with E-state index in [9.17, 15) is 0 Å². The maximum atomic E-state index is 3.64. The fourth-order valence-corrected chi connectivity index (χ4v) is 3.37. The molecule has 2 aliphatic rings. The Labute approximate surface area is 71.5 Å². The molecule has 0 aromatic heterocycles. The molecule has 0 amide bonds. The zero-order valence-electron chi connectivity index (χ0n) is 6.41. The quantitative estimate of drug-likeness (QED) is 0.603. The maximum absolute atomic E-state index is 3.64. The highest BCUT2D eigenvalue weighted by atomic mass is 79.9. The van der Waals surface area contributed by atoms with Crippen molar-refractivity contribution < 1.29 is 0 Å². The number of hydrogen-bond acceptors (Lipinski definition) is 0. The van der Waals surface area contributed by atoms with Crippen molar-refractivity contribution >= 4 is 15.9 Å². The van der Waals surface area contributed by atoms with Crippen LogP contribution in [0, 0.1) is 11.3 Å². The van der Waals surface area contributed by atoms with Crippen molar-refractivity contribution in [3.05, 3.63) is 0 Å². The molecule has 0 nitrogen and oxygen atoms in total. The molecule has 2 fully saturated rings. The monoisotopic (exact) mass is 202 g/mol. The van der Waals surface area contributed by atoms with E-state index in [1.807, 2.05) is 0 Å². The van der Waals surface area contributed by atoms with Crippen LogP contribution in [-0.2, 0) is 0 Å². The average molecular weight is 203 g/mol. The van der Waals surface area contributed by atoms with E-state index in [-0.39, 0.29) is 0 Å². The minimum absolute atomic E-state index is 0.788. The van der Waals surface area contributed by atoms with Crippen LogP contribution in [0.4, 0.5) is 0 Å². The van der Waals surface area contributed by atoms with Crippen LogP contribution in [0.1, 0.15) is 38.5 Å². The molecule has 58 valence electrons. The highest BCUT2D eigenvalue weighted by Gasteiger charge is 2.48. The molecule has 0 heterocycles. The molecule has 0 aliphatic heterocycles.